The third kappa shape index (κ3) is 3.92. The first kappa shape index (κ1) is 14.8. The molecule has 106 valence electrons. The molecule has 20 heavy (non-hydrogen) atoms. The van der Waals surface area contributed by atoms with E-state index in [2.05, 4.69) is 74.9 Å². The molecule has 2 heteroatoms. The molecular weight excluding hydrogens is 244 g/mol. The van der Waals surface area contributed by atoms with Crippen molar-refractivity contribution in [2.24, 2.45) is 0 Å². The van der Waals surface area contributed by atoms with Crippen LogP contribution in [0.1, 0.15) is 33.4 Å². The van der Waals surface area contributed by atoms with Gasteiger partial charge >= 0.3 is 0 Å². The van der Waals surface area contributed by atoms with Crippen molar-refractivity contribution in [1.82, 2.24) is 10.9 Å². The van der Waals surface area contributed by atoms with Gasteiger partial charge in [-0.05, 0) is 49.9 Å². The Balaban J connectivity index is 1.84. The molecule has 0 radical (unpaired) electrons. The lowest BCUT2D eigenvalue weighted by Crippen LogP contribution is -2.31. The van der Waals surface area contributed by atoms with E-state index in [-0.39, 0.29) is 0 Å². The summed E-state index contributed by atoms with van der Waals surface area (Å²) in [5.74, 6) is 0. The van der Waals surface area contributed by atoms with Crippen molar-refractivity contribution in [3.8, 4) is 0 Å². The molecule has 0 atom stereocenters. The van der Waals surface area contributed by atoms with Crippen LogP contribution >= 0.6 is 0 Å². The summed E-state index contributed by atoms with van der Waals surface area (Å²) in [5.41, 5.74) is 14.6. The number of nitrogens with one attached hydrogen (secondary N) is 2. The van der Waals surface area contributed by atoms with E-state index in [0.29, 0.717) is 0 Å². The summed E-state index contributed by atoms with van der Waals surface area (Å²) in [6, 6.07) is 13.2. The highest BCUT2D eigenvalue weighted by Gasteiger charge is 2.00. The molecule has 0 aromatic heterocycles. The highest BCUT2D eigenvalue weighted by atomic mass is 15.3. The molecule has 0 heterocycles. The van der Waals surface area contributed by atoms with Crippen LogP contribution in [-0.2, 0) is 13.1 Å². The van der Waals surface area contributed by atoms with Crippen LogP contribution in [0.2, 0.25) is 0 Å². The zero-order valence-corrected chi connectivity index (χ0v) is 12.9. The molecule has 0 amide bonds. The summed E-state index contributed by atoms with van der Waals surface area (Å²) in [6.07, 6.45) is 0. The second-order valence-electron chi connectivity index (χ2n) is 5.57. The smallest absolute Gasteiger partial charge is 0.0353 e. The average molecular weight is 268 g/mol. The lowest BCUT2D eigenvalue weighted by molar-refractivity contribution is 0.527. The van der Waals surface area contributed by atoms with E-state index in [4.69, 9.17) is 0 Å². The number of rotatable bonds is 5. The van der Waals surface area contributed by atoms with E-state index in [1.165, 1.54) is 33.4 Å². The summed E-state index contributed by atoms with van der Waals surface area (Å²) in [5, 5.41) is 0. The Morgan fingerprint density at radius 2 is 1.05 bits per heavy atom. The first-order valence-electron chi connectivity index (χ1n) is 7.14. The second kappa shape index (κ2) is 6.69. The van der Waals surface area contributed by atoms with Crippen LogP contribution in [-0.4, -0.2) is 0 Å². The topological polar surface area (TPSA) is 24.1 Å². The quantitative estimate of drug-likeness (QED) is 0.638. The van der Waals surface area contributed by atoms with Crippen LogP contribution < -0.4 is 10.9 Å². The maximum atomic E-state index is 3.30. The van der Waals surface area contributed by atoms with Gasteiger partial charge < -0.3 is 0 Å². The zero-order chi connectivity index (χ0) is 14.5. The Kier molecular flexibility index (Phi) is 4.94. The van der Waals surface area contributed by atoms with Gasteiger partial charge in [0.1, 0.15) is 0 Å². The second-order valence-corrected chi connectivity index (χ2v) is 5.57. The number of hydrogen-bond acceptors (Lipinski definition) is 2. The first-order valence-corrected chi connectivity index (χ1v) is 7.14. The number of hydrogen-bond donors (Lipinski definition) is 2. The minimum Gasteiger partial charge on any atom is -0.253 e. The van der Waals surface area contributed by atoms with Gasteiger partial charge in [0.15, 0.2) is 0 Å². The largest absolute Gasteiger partial charge is 0.253 e. The van der Waals surface area contributed by atoms with Gasteiger partial charge in [-0.2, -0.15) is 0 Å². The maximum absolute atomic E-state index is 3.30. The van der Waals surface area contributed by atoms with Crippen molar-refractivity contribution in [2.45, 2.75) is 40.8 Å². The predicted molar refractivity (Wildman–Crippen MR) is 85.5 cm³/mol. The summed E-state index contributed by atoms with van der Waals surface area (Å²) in [6.45, 7) is 10.3. The summed E-state index contributed by atoms with van der Waals surface area (Å²) in [7, 11) is 0. The predicted octanol–water partition coefficient (Wildman–Crippen LogP) is 3.71. The van der Waals surface area contributed by atoms with Crippen LogP contribution in [0.25, 0.3) is 0 Å². The number of hydrazine groups is 1. The molecule has 0 saturated carbocycles. The third-order valence-corrected chi connectivity index (χ3v) is 3.68. The van der Waals surface area contributed by atoms with Crippen molar-refractivity contribution >= 4 is 0 Å². The van der Waals surface area contributed by atoms with E-state index in [1.807, 2.05) is 0 Å². The Morgan fingerprint density at radius 1 is 0.650 bits per heavy atom. The minimum atomic E-state index is 0.844. The third-order valence-electron chi connectivity index (χ3n) is 3.68. The van der Waals surface area contributed by atoms with Crippen LogP contribution in [0.5, 0.6) is 0 Å². The first-order chi connectivity index (χ1) is 9.56. The van der Waals surface area contributed by atoms with Gasteiger partial charge in [-0.25, -0.2) is 0 Å². The van der Waals surface area contributed by atoms with E-state index in [1.54, 1.807) is 0 Å². The monoisotopic (exact) mass is 268 g/mol. The lowest BCUT2D eigenvalue weighted by atomic mass is 10.1. The molecular formula is C18H24N2. The van der Waals surface area contributed by atoms with Crippen molar-refractivity contribution in [3.05, 3.63) is 69.8 Å². The maximum Gasteiger partial charge on any atom is 0.0353 e. The summed E-state index contributed by atoms with van der Waals surface area (Å²) in [4.78, 5) is 0. The Labute approximate surface area is 122 Å². The minimum absolute atomic E-state index is 0.844. The van der Waals surface area contributed by atoms with Gasteiger partial charge in [0.2, 0.25) is 0 Å². The number of aryl methyl sites for hydroxylation is 4. The van der Waals surface area contributed by atoms with Crippen LogP contribution in [0.15, 0.2) is 36.4 Å². The molecule has 0 aliphatic rings. The molecule has 2 aromatic rings. The van der Waals surface area contributed by atoms with Crippen molar-refractivity contribution in [3.63, 3.8) is 0 Å². The molecule has 0 spiro atoms. The average Bonchev–Trinajstić information content (AvgIpc) is 2.39. The van der Waals surface area contributed by atoms with Gasteiger partial charge in [-0.15, -0.1) is 0 Å². The van der Waals surface area contributed by atoms with E-state index in [9.17, 15) is 0 Å². The molecule has 0 bridgehead atoms. The fourth-order valence-electron chi connectivity index (χ4n) is 2.40. The van der Waals surface area contributed by atoms with Gasteiger partial charge in [0.25, 0.3) is 0 Å². The molecule has 0 unspecified atom stereocenters. The van der Waals surface area contributed by atoms with Crippen LogP contribution in [0, 0.1) is 27.7 Å². The molecule has 0 aliphatic heterocycles. The fraction of sp³-hybridized carbons (Fsp3) is 0.333. The summed E-state index contributed by atoms with van der Waals surface area (Å²) < 4.78 is 0. The highest BCUT2D eigenvalue weighted by Crippen LogP contribution is 2.11. The fourth-order valence-corrected chi connectivity index (χ4v) is 2.40. The standard InChI is InChI=1S/C18H24N2/c1-13-5-7-17(15(3)9-13)11-19-20-12-18-8-6-14(2)10-16(18)4/h5-10,19-20H,11-12H2,1-4H3. The zero-order valence-electron chi connectivity index (χ0n) is 12.9. The molecule has 2 nitrogen and oxygen atoms in total. The molecule has 0 saturated heterocycles. The molecule has 0 fully saturated rings. The molecule has 2 aromatic carbocycles. The Morgan fingerprint density at radius 3 is 1.40 bits per heavy atom. The normalized spacial score (nSPS) is 10.8. The van der Waals surface area contributed by atoms with Gasteiger partial charge in [-0.1, -0.05) is 47.5 Å². The number of benzene rings is 2. The molecule has 2 rings (SSSR count). The van der Waals surface area contributed by atoms with Crippen molar-refractivity contribution in [1.29, 1.82) is 0 Å². The lowest BCUT2D eigenvalue weighted by Gasteiger charge is -2.11. The summed E-state index contributed by atoms with van der Waals surface area (Å²) >= 11 is 0. The van der Waals surface area contributed by atoms with Gasteiger partial charge in [0.05, 0.1) is 0 Å². The van der Waals surface area contributed by atoms with Crippen LogP contribution in [0.3, 0.4) is 0 Å². The van der Waals surface area contributed by atoms with Crippen molar-refractivity contribution < 1.29 is 0 Å². The van der Waals surface area contributed by atoms with Crippen molar-refractivity contribution in [2.75, 3.05) is 0 Å². The SMILES string of the molecule is Cc1ccc(CNNCc2ccc(C)cc2C)c(C)c1. The highest BCUT2D eigenvalue weighted by molar-refractivity contribution is 5.31. The molecule has 0 aliphatic carbocycles. The van der Waals surface area contributed by atoms with E-state index >= 15 is 0 Å². The Hall–Kier alpha value is -1.64. The Bertz CT molecular complexity index is 534. The van der Waals surface area contributed by atoms with Gasteiger partial charge in [0, 0.05) is 13.1 Å². The van der Waals surface area contributed by atoms with Crippen LogP contribution in [0.4, 0.5) is 0 Å². The molecule has 2 N–H and O–H groups in total. The van der Waals surface area contributed by atoms with E-state index in [0.717, 1.165) is 13.1 Å². The van der Waals surface area contributed by atoms with Gasteiger partial charge in [-0.3, -0.25) is 10.9 Å². The van der Waals surface area contributed by atoms with E-state index < -0.39 is 0 Å².